The molecule has 0 amide bonds. The van der Waals surface area contributed by atoms with Crippen molar-refractivity contribution < 1.29 is 4.74 Å². The van der Waals surface area contributed by atoms with Gasteiger partial charge in [0.15, 0.2) is 5.75 Å². The van der Waals surface area contributed by atoms with Crippen molar-refractivity contribution in [1.82, 2.24) is 15.1 Å². The second kappa shape index (κ2) is 7.33. The van der Waals surface area contributed by atoms with Crippen LogP contribution in [0.3, 0.4) is 0 Å². The molecule has 0 saturated heterocycles. The monoisotopic (exact) mass is 239 g/mol. The molecule has 1 aromatic heterocycles. The minimum atomic E-state index is 0.345. The van der Waals surface area contributed by atoms with Gasteiger partial charge >= 0.3 is 0 Å². The molecule has 0 fully saturated rings. The van der Waals surface area contributed by atoms with Gasteiger partial charge in [-0.15, -0.1) is 0 Å². The van der Waals surface area contributed by atoms with E-state index in [9.17, 15) is 0 Å². The van der Waals surface area contributed by atoms with Crippen LogP contribution >= 0.6 is 0 Å². The van der Waals surface area contributed by atoms with E-state index in [1.807, 2.05) is 11.7 Å². The number of nitrogens with one attached hydrogen (secondary N) is 1. The Morgan fingerprint density at radius 1 is 1.41 bits per heavy atom. The van der Waals surface area contributed by atoms with Crippen LogP contribution in [0.25, 0.3) is 0 Å². The van der Waals surface area contributed by atoms with Crippen LogP contribution in [0.4, 0.5) is 0 Å². The Morgan fingerprint density at radius 3 is 2.76 bits per heavy atom. The molecule has 1 unspecified atom stereocenters. The molecular weight excluding hydrogens is 214 g/mol. The number of unbranched alkanes of at least 4 members (excludes halogenated alkanes) is 1. The topological polar surface area (TPSA) is 39.1 Å². The predicted octanol–water partition coefficient (Wildman–Crippen LogP) is 2.66. The van der Waals surface area contributed by atoms with Gasteiger partial charge in [-0.3, -0.25) is 4.68 Å². The Balaban J connectivity index is 2.81. The van der Waals surface area contributed by atoms with E-state index in [4.69, 9.17) is 4.74 Å². The van der Waals surface area contributed by atoms with Crippen LogP contribution in [0, 0.1) is 0 Å². The quantitative estimate of drug-likeness (QED) is 0.758. The second-order valence-corrected chi connectivity index (χ2v) is 4.37. The van der Waals surface area contributed by atoms with Crippen LogP contribution in [0.2, 0.25) is 0 Å². The first-order valence-corrected chi connectivity index (χ1v) is 6.53. The number of ether oxygens (including phenoxy) is 1. The van der Waals surface area contributed by atoms with Crippen LogP contribution in [0.1, 0.15) is 51.3 Å². The first kappa shape index (κ1) is 14.0. The fourth-order valence-electron chi connectivity index (χ4n) is 2.04. The van der Waals surface area contributed by atoms with Crippen molar-refractivity contribution in [3.8, 4) is 5.75 Å². The van der Waals surface area contributed by atoms with Crippen LogP contribution in [0.5, 0.6) is 5.75 Å². The standard InChI is InChI=1S/C13H25N3O/c1-5-7-8-11(14-9-6-2)13-12(17-4)10-15-16(13)3/h10-11,14H,5-9H2,1-4H3. The number of aryl methyl sites for hydroxylation is 1. The Labute approximate surface area is 104 Å². The zero-order chi connectivity index (χ0) is 12.7. The van der Waals surface area contributed by atoms with Crippen molar-refractivity contribution in [1.29, 1.82) is 0 Å². The molecule has 0 radical (unpaired) electrons. The summed E-state index contributed by atoms with van der Waals surface area (Å²) in [6.45, 7) is 5.43. The molecule has 0 bridgehead atoms. The highest BCUT2D eigenvalue weighted by Crippen LogP contribution is 2.27. The number of hydrogen-bond donors (Lipinski definition) is 1. The molecule has 0 aliphatic rings. The van der Waals surface area contributed by atoms with Crippen molar-refractivity contribution in [3.05, 3.63) is 11.9 Å². The van der Waals surface area contributed by atoms with Gasteiger partial charge in [0.25, 0.3) is 0 Å². The number of nitrogens with zero attached hydrogens (tertiary/aromatic N) is 2. The van der Waals surface area contributed by atoms with Gasteiger partial charge in [0.1, 0.15) is 0 Å². The van der Waals surface area contributed by atoms with Gasteiger partial charge < -0.3 is 10.1 Å². The van der Waals surface area contributed by atoms with Crippen LogP contribution in [-0.4, -0.2) is 23.4 Å². The third-order valence-electron chi connectivity index (χ3n) is 2.99. The molecule has 0 saturated carbocycles. The van der Waals surface area contributed by atoms with E-state index < -0.39 is 0 Å². The van der Waals surface area contributed by atoms with Crippen molar-refractivity contribution >= 4 is 0 Å². The summed E-state index contributed by atoms with van der Waals surface area (Å²) in [4.78, 5) is 0. The average molecular weight is 239 g/mol. The fourth-order valence-corrected chi connectivity index (χ4v) is 2.04. The minimum absolute atomic E-state index is 0.345. The van der Waals surface area contributed by atoms with E-state index in [0.29, 0.717) is 6.04 Å². The lowest BCUT2D eigenvalue weighted by molar-refractivity contribution is 0.385. The predicted molar refractivity (Wildman–Crippen MR) is 70.3 cm³/mol. The van der Waals surface area contributed by atoms with E-state index >= 15 is 0 Å². The van der Waals surface area contributed by atoms with Crippen LogP contribution in [-0.2, 0) is 7.05 Å². The zero-order valence-corrected chi connectivity index (χ0v) is 11.5. The largest absolute Gasteiger partial charge is 0.493 e. The van der Waals surface area contributed by atoms with Gasteiger partial charge in [0.2, 0.25) is 0 Å². The molecule has 0 spiro atoms. The average Bonchev–Trinajstić information content (AvgIpc) is 2.71. The van der Waals surface area contributed by atoms with E-state index in [-0.39, 0.29) is 0 Å². The fraction of sp³-hybridized carbons (Fsp3) is 0.769. The highest BCUT2D eigenvalue weighted by atomic mass is 16.5. The summed E-state index contributed by atoms with van der Waals surface area (Å²) in [5.41, 5.74) is 1.16. The minimum Gasteiger partial charge on any atom is -0.493 e. The van der Waals surface area contributed by atoms with Gasteiger partial charge in [-0.2, -0.15) is 5.10 Å². The SMILES string of the molecule is CCCCC(NCCC)c1c(OC)cnn1C. The molecule has 17 heavy (non-hydrogen) atoms. The maximum atomic E-state index is 5.38. The maximum Gasteiger partial charge on any atom is 0.161 e. The smallest absolute Gasteiger partial charge is 0.161 e. The molecule has 4 nitrogen and oxygen atoms in total. The molecule has 0 aliphatic carbocycles. The Morgan fingerprint density at radius 2 is 2.18 bits per heavy atom. The Hall–Kier alpha value is -1.03. The zero-order valence-electron chi connectivity index (χ0n) is 11.5. The van der Waals surface area contributed by atoms with E-state index in [0.717, 1.165) is 30.8 Å². The highest BCUT2D eigenvalue weighted by molar-refractivity contribution is 5.28. The summed E-state index contributed by atoms with van der Waals surface area (Å²) in [6, 6.07) is 0.345. The Bertz CT molecular complexity index is 314. The van der Waals surface area contributed by atoms with E-state index in [1.165, 1.54) is 12.8 Å². The molecule has 1 atom stereocenters. The van der Waals surface area contributed by atoms with Gasteiger partial charge in [0.05, 0.1) is 25.0 Å². The maximum absolute atomic E-state index is 5.38. The molecule has 4 heteroatoms. The molecule has 98 valence electrons. The summed E-state index contributed by atoms with van der Waals surface area (Å²) in [7, 11) is 3.68. The van der Waals surface area contributed by atoms with Crippen molar-refractivity contribution in [2.75, 3.05) is 13.7 Å². The highest BCUT2D eigenvalue weighted by Gasteiger charge is 2.19. The normalized spacial score (nSPS) is 12.7. The Kier molecular flexibility index (Phi) is 6.05. The molecule has 1 heterocycles. The molecule has 0 aromatic carbocycles. The lowest BCUT2D eigenvalue weighted by Gasteiger charge is -2.19. The summed E-state index contributed by atoms with van der Waals surface area (Å²) in [5.74, 6) is 0.886. The number of rotatable bonds is 8. The van der Waals surface area contributed by atoms with Gasteiger partial charge in [-0.1, -0.05) is 26.7 Å². The van der Waals surface area contributed by atoms with E-state index in [1.54, 1.807) is 13.3 Å². The van der Waals surface area contributed by atoms with Gasteiger partial charge in [0, 0.05) is 7.05 Å². The summed E-state index contributed by atoms with van der Waals surface area (Å²) in [5, 5.41) is 7.86. The molecule has 0 aliphatic heterocycles. The number of aromatic nitrogens is 2. The molecular formula is C13H25N3O. The van der Waals surface area contributed by atoms with Crippen molar-refractivity contribution in [2.24, 2.45) is 7.05 Å². The molecule has 1 N–H and O–H groups in total. The third-order valence-corrected chi connectivity index (χ3v) is 2.99. The lowest BCUT2D eigenvalue weighted by atomic mass is 10.1. The third kappa shape index (κ3) is 3.73. The van der Waals surface area contributed by atoms with Crippen LogP contribution < -0.4 is 10.1 Å². The summed E-state index contributed by atoms with van der Waals surface area (Å²) in [6.07, 6.45) is 6.50. The van der Waals surface area contributed by atoms with Gasteiger partial charge in [-0.25, -0.2) is 0 Å². The van der Waals surface area contributed by atoms with Crippen molar-refractivity contribution in [3.63, 3.8) is 0 Å². The van der Waals surface area contributed by atoms with E-state index in [2.05, 4.69) is 24.3 Å². The lowest BCUT2D eigenvalue weighted by Crippen LogP contribution is -2.24. The van der Waals surface area contributed by atoms with Gasteiger partial charge in [-0.05, 0) is 19.4 Å². The number of methoxy groups -OCH3 is 1. The van der Waals surface area contributed by atoms with Crippen LogP contribution in [0.15, 0.2) is 6.20 Å². The summed E-state index contributed by atoms with van der Waals surface area (Å²) >= 11 is 0. The number of hydrogen-bond acceptors (Lipinski definition) is 3. The molecule has 1 aromatic rings. The first-order valence-electron chi connectivity index (χ1n) is 6.53. The first-order chi connectivity index (χ1) is 8.24. The summed E-state index contributed by atoms with van der Waals surface area (Å²) < 4.78 is 7.30. The van der Waals surface area contributed by atoms with Crippen molar-refractivity contribution in [2.45, 2.75) is 45.6 Å². The second-order valence-electron chi connectivity index (χ2n) is 4.37. The molecule has 1 rings (SSSR count).